The summed E-state index contributed by atoms with van der Waals surface area (Å²) in [6.07, 6.45) is 1.40. The number of carbonyl (C=O) groups is 1. The van der Waals surface area contributed by atoms with Crippen molar-refractivity contribution in [3.05, 3.63) is 90.5 Å². The first-order chi connectivity index (χ1) is 16.1. The number of ether oxygens (including phenoxy) is 2. The molecule has 0 radical (unpaired) electrons. The molecular formula is C25H19FN4O3. The number of nitrogens with one attached hydrogen (secondary N) is 2. The summed E-state index contributed by atoms with van der Waals surface area (Å²) >= 11 is 0. The minimum atomic E-state index is -0.336. The van der Waals surface area contributed by atoms with E-state index in [1.54, 1.807) is 54.6 Å². The van der Waals surface area contributed by atoms with Gasteiger partial charge >= 0.3 is 0 Å². The largest absolute Gasteiger partial charge is 0.486 e. The first kappa shape index (κ1) is 20.4. The van der Waals surface area contributed by atoms with Crippen molar-refractivity contribution in [2.45, 2.75) is 0 Å². The average molecular weight is 442 g/mol. The Balaban J connectivity index is 1.31. The third kappa shape index (κ3) is 4.74. The van der Waals surface area contributed by atoms with Crippen LogP contribution in [0.4, 0.5) is 21.6 Å². The van der Waals surface area contributed by atoms with E-state index in [2.05, 4.69) is 20.6 Å². The standard InChI is InChI=1S/C25H19FN4O3/c26-18-5-1-3-16(11-18)21-14-24(28-15-27-21)29-19-6-2-4-17(12-19)25(31)30-20-7-8-22-23(13-20)33-10-9-32-22/h1-8,11-15H,9-10H2,(H,30,31)(H,27,28,29). The fraction of sp³-hybridized carbons (Fsp3) is 0.0800. The van der Waals surface area contributed by atoms with Gasteiger partial charge in [0.1, 0.15) is 31.2 Å². The minimum Gasteiger partial charge on any atom is -0.486 e. The van der Waals surface area contributed by atoms with Crippen molar-refractivity contribution in [3.8, 4) is 22.8 Å². The second-order valence-electron chi connectivity index (χ2n) is 7.32. The number of hydrogen-bond acceptors (Lipinski definition) is 6. The van der Waals surface area contributed by atoms with Crippen LogP contribution in [0.15, 0.2) is 79.1 Å². The molecule has 0 atom stereocenters. The molecule has 0 fully saturated rings. The molecule has 4 aromatic rings. The van der Waals surface area contributed by atoms with Crippen LogP contribution in [-0.2, 0) is 0 Å². The predicted molar refractivity (Wildman–Crippen MR) is 123 cm³/mol. The molecule has 0 saturated carbocycles. The van der Waals surface area contributed by atoms with Crippen LogP contribution < -0.4 is 20.1 Å². The number of halogens is 1. The maximum Gasteiger partial charge on any atom is 0.255 e. The lowest BCUT2D eigenvalue weighted by Crippen LogP contribution is -2.16. The zero-order valence-corrected chi connectivity index (χ0v) is 17.4. The lowest BCUT2D eigenvalue weighted by atomic mass is 10.1. The van der Waals surface area contributed by atoms with Crippen LogP contribution in [0.25, 0.3) is 11.3 Å². The lowest BCUT2D eigenvalue weighted by molar-refractivity contribution is 0.102. The summed E-state index contributed by atoms with van der Waals surface area (Å²) in [6, 6.07) is 20.2. The molecule has 0 spiro atoms. The summed E-state index contributed by atoms with van der Waals surface area (Å²) in [5, 5.41) is 6.04. The highest BCUT2D eigenvalue weighted by Gasteiger charge is 2.14. The Labute approximate surface area is 189 Å². The highest BCUT2D eigenvalue weighted by Crippen LogP contribution is 2.32. The Morgan fingerprint density at radius 1 is 0.848 bits per heavy atom. The molecule has 1 aliphatic rings. The van der Waals surface area contributed by atoms with Gasteiger partial charge in [-0.25, -0.2) is 14.4 Å². The summed E-state index contributed by atoms with van der Waals surface area (Å²) in [5.41, 5.74) is 2.98. The Morgan fingerprint density at radius 2 is 1.70 bits per heavy atom. The quantitative estimate of drug-likeness (QED) is 0.450. The molecule has 2 heterocycles. The highest BCUT2D eigenvalue weighted by molar-refractivity contribution is 6.05. The number of anilines is 3. The van der Waals surface area contributed by atoms with Crippen LogP contribution in [0.1, 0.15) is 10.4 Å². The maximum atomic E-state index is 13.5. The van der Waals surface area contributed by atoms with E-state index >= 15 is 0 Å². The smallest absolute Gasteiger partial charge is 0.255 e. The monoisotopic (exact) mass is 442 g/mol. The maximum absolute atomic E-state index is 13.5. The van der Waals surface area contributed by atoms with E-state index in [1.165, 1.54) is 18.5 Å². The molecule has 33 heavy (non-hydrogen) atoms. The van der Waals surface area contributed by atoms with E-state index in [0.717, 1.165) is 0 Å². The molecule has 164 valence electrons. The van der Waals surface area contributed by atoms with Gasteiger partial charge in [0.05, 0.1) is 5.69 Å². The number of benzene rings is 3. The minimum absolute atomic E-state index is 0.265. The van der Waals surface area contributed by atoms with Gasteiger partial charge in [0.2, 0.25) is 0 Å². The van der Waals surface area contributed by atoms with Crippen molar-refractivity contribution in [2.24, 2.45) is 0 Å². The Kier molecular flexibility index (Phi) is 5.55. The third-order valence-corrected chi connectivity index (χ3v) is 4.98. The van der Waals surface area contributed by atoms with Crippen LogP contribution in [-0.4, -0.2) is 29.1 Å². The lowest BCUT2D eigenvalue weighted by Gasteiger charge is -2.19. The molecule has 1 aromatic heterocycles. The van der Waals surface area contributed by atoms with Crippen molar-refractivity contribution in [2.75, 3.05) is 23.8 Å². The Morgan fingerprint density at radius 3 is 2.58 bits per heavy atom. The SMILES string of the molecule is O=C(Nc1ccc2c(c1)OCCO2)c1cccc(Nc2cc(-c3cccc(F)c3)ncn2)c1. The summed E-state index contributed by atoms with van der Waals surface area (Å²) in [5.74, 6) is 1.18. The first-order valence-corrected chi connectivity index (χ1v) is 10.3. The predicted octanol–water partition coefficient (Wildman–Crippen LogP) is 5.05. The summed E-state index contributed by atoms with van der Waals surface area (Å²) in [7, 11) is 0. The normalized spacial score (nSPS) is 12.2. The molecule has 0 bridgehead atoms. The zero-order valence-electron chi connectivity index (χ0n) is 17.4. The van der Waals surface area contributed by atoms with Crippen LogP contribution in [0, 0.1) is 5.82 Å². The average Bonchev–Trinajstić information content (AvgIpc) is 2.84. The van der Waals surface area contributed by atoms with E-state index in [0.29, 0.717) is 58.7 Å². The van der Waals surface area contributed by atoms with Crippen LogP contribution in [0.5, 0.6) is 11.5 Å². The van der Waals surface area contributed by atoms with Crippen molar-refractivity contribution in [1.82, 2.24) is 9.97 Å². The molecule has 8 heteroatoms. The fourth-order valence-corrected chi connectivity index (χ4v) is 3.44. The summed E-state index contributed by atoms with van der Waals surface area (Å²) in [4.78, 5) is 21.2. The van der Waals surface area contributed by atoms with Crippen LogP contribution in [0.2, 0.25) is 0 Å². The van der Waals surface area contributed by atoms with Crippen LogP contribution >= 0.6 is 0 Å². The topological polar surface area (TPSA) is 85.4 Å². The molecule has 0 unspecified atom stereocenters. The molecular weight excluding hydrogens is 423 g/mol. The van der Waals surface area contributed by atoms with Gasteiger partial charge in [-0.2, -0.15) is 0 Å². The highest BCUT2D eigenvalue weighted by atomic mass is 19.1. The van der Waals surface area contributed by atoms with E-state index in [1.807, 2.05) is 6.07 Å². The Hall–Kier alpha value is -4.46. The summed E-state index contributed by atoms with van der Waals surface area (Å²) < 4.78 is 24.6. The molecule has 1 aliphatic heterocycles. The second-order valence-corrected chi connectivity index (χ2v) is 7.32. The van der Waals surface area contributed by atoms with Gasteiger partial charge in [-0.3, -0.25) is 4.79 Å². The number of hydrogen-bond donors (Lipinski definition) is 2. The van der Waals surface area contributed by atoms with Gasteiger partial charge in [-0.05, 0) is 42.5 Å². The van der Waals surface area contributed by atoms with E-state index in [4.69, 9.17) is 9.47 Å². The van der Waals surface area contributed by atoms with Gasteiger partial charge in [-0.1, -0.05) is 18.2 Å². The molecule has 7 nitrogen and oxygen atoms in total. The third-order valence-electron chi connectivity index (χ3n) is 4.98. The van der Waals surface area contributed by atoms with Gasteiger partial charge in [0.15, 0.2) is 11.5 Å². The molecule has 5 rings (SSSR count). The number of nitrogens with zero attached hydrogens (tertiary/aromatic N) is 2. The first-order valence-electron chi connectivity index (χ1n) is 10.3. The zero-order chi connectivity index (χ0) is 22.6. The van der Waals surface area contributed by atoms with Crippen molar-refractivity contribution >= 4 is 23.1 Å². The molecule has 1 amide bonds. The number of amides is 1. The summed E-state index contributed by atoms with van der Waals surface area (Å²) in [6.45, 7) is 0.983. The number of fused-ring (bicyclic) bond motifs is 1. The van der Waals surface area contributed by atoms with Crippen LogP contribution in [0.3, 0.4) is 0 Å². The van der Waals surface area contributed by atoms with Gasteiger partial charge in [-0.15, -0.1) is 0 Å². The second kappa shape index (κ2) is 8.96. The molecule has 0 saturated heterocycles. The van der Waals surface area contributed by atoms with E-state index in [9.17, 15) is 9.18 Å². The van der Waals surface area contributed by atoms with Crippen molar-refractivity contribution in [3.63, 3.8) is 0 Å². The van der Waals surface area contributed by atoms with Gasteiger partial charge in [0, 0.05) is 34.6 Å². The van der Waals surface area contributed by atoms with Crippen molar-refractivity contribution < 1.29 is 18.7 Å². The van der Waals surface area contributed by atoms with E-state index in [-0.39, 0.29) is 11.7 Å². The van der Waals surface area contributed by atoms with Crippen molar-refractivity contribution in [1.29, 1.82) is 0 Å². The number of carbonyl (C=O) groups excluding carboxylic acids is 1. The van der Waals surface area contributed by atoms with Gasteiger partial charge in [0.25, 0.3) is 5.91 Å². The van der Waals surface area contributed by atoms with Gasteiger partial charge < -0.3 is 20.1 Å². The molecule has 0 aliphatic carbocycles. The van der Waals surface area contributed by atoms with E-state index < -0.39 is 0 Å². The molecule has 2 N–H and O–H groups in total. The number of aromatic nitrogens is 2. The molecule has 3 aromatic carbocycles. The number of rotatable bonds is 5. The fourth-order valence-electron chi connectivity index (χ4n) is 3.44. The Bertz CT molecular complexity index is 1330.